The van der Waals surface area contributed by atoms with E-state index in [1.807, 2.05) is 0 Å². The monoisotopic (exact) mass is 463 g/mol. The summed E-state index contributed by atoms with van der Waals surface area (Å²) in [5.41, 5.74) is 8.23. The van der Waals surface area contributed by atoms with Gasteiger partial charge in [0.1, 0.15) is 0 Å². The van der Waals surface area contributed by atoms with Gasteiger partial charge in [-0.05, 0) is 49.5 Å². The van der Waals surface area contributed by atoms with Gasteiger partial charge in [0.05, 0.1) is 0 Å². The van der Waals surface area contributed by atoms with Crippen molar-refractivity contribution in [3.05, 3.63) is 64.0 Å². The number of hydrogen-bond acceptors (Lipinski definition) is 1. The zero-order valence-corrected chi connectivity index (χ0v) is 25.3. The van der Waals surface area contributed by atoms with E-state index in [1.165, 1.54) is 33.5 Å². The number of pyridine rings is 1. The molecule has 1 aromatic heterocycles. The first kappa shape index (κ1) is 28.6. The predicted molar refractivity (Wildman–Crippen MR) is 152 cm³/mol. The van der Waals surface area contributed by atoms with Gasteiger partial charge < -0.3 is 0 Å². The Kier molecular flexibility index (Phi) is 7.15. The third-order valence-electron chi connectivity index (χ3n) is 8.06. The Labute approximate surface area is 212 Å². The van der Waals surface area contributed by atoms with Crippen molar-refractivity contribution in [1.29, 1.82) is 0 Å². The van der Waals surface area contributed by atoms with E-state index < -0.39 is 0 Å². The van der Waals surface area contributed by atoms with E-state index in [4.69, 9.17) is 4.98 Å². The first-order valence-electron chi connectivity index (χ1n) is 13.1. The lowest BCUT2D eigenvalue weighted by Crippen LogP contribution is -2.42. The highest BCUT2D eigenvalue weighted by molar-refractivity contribution is 5.47. The molecule has 0 fully saturated rings. The van der Waals surface area contributed by atoms with Crippen molar-refractivity contribution in [3.8, 4) is 0 Å². The molecular formula is C33H53N. The SMILES string of the molecule is CC(C)(C)c1ccc(C(C)(C)C(C)(C)c2cnc(C(C)(C)C)c(C(C)(C)C)c2)c(C(C)(C)C)c1. The molecule has 0 amide bonds. The van der Waals surface area contributed by atoms with Gasteiger partial charge in [-0.15, -0.1) is 0 Å². The van der Waals surface area contributed by atoms with Crippen LogP contribution >= 0.6 is 0 Å². The fourth-order valence-electron chi connectivity index (χ4n) is 4.85. The van der Waals surface area contributed by atoms with E-state index in [9.17, 15) is 0 Å². The lowest BCUT2D eigenvalue weighted by Gasteiger charge is -2.46. The average Bonchev–Trinajstić information content (AvgIpc) is 2.64. The second kappa shape index (κ2) is 8.49. The lowest BCUT2D eigenvalue weighted by atomic mass is 9.58. The van der Waals surface area contributed by atoms with Crippen LogP contribution in [0.4, 0.5) is 0 Å². The molecule has 0 radical (unpaired) electrons. The summed E-state index contributed by atoms with van der Waals surface area (Å²) in [6, 6.07) is 9.68. The van der Waals surface area contributed by atoms with Crippen molar-refractivity contribution < 1.29 is 0 Å². The molecule has 0 unspecified atom stereocenters. The minimum atomic E-state index is -0.111. The number of benzene rings is 1. The van der Waals surface area contributed by atoms with Crippen LogP contribution in [0, 0.1) is 0 Å². The molecule has 1 nitrogen and oxygen atoms in total. The van der Waals surface area contributed by atoms with Gasteiger partial charge in [0.2, 0.25) is 0 Å². The molecule has 0 aliphatic carbocycles. The van der Waals surface area contributed by atoms with E-state index in [0.29, 0.717) is 0 Å². The van der Waals surface area contributed by atoms with Crippen LogP contribution in [-0.4, -0.2) is 4.98 Å². The number of nitrogens with zero attached hydrogens (tertiary/aromatic N) is 1. The first-order valence-corrected chi connectivity index (χ1v) is 13.1. The van der Waals surface area contributed by atoms with Crippen LogP contribution in [0.1, 0.15) is 144 Å². The molecule has 0 saturated carbocycles. The Bertz CT molecular complexity index is 1020. The maximum atomic E-state index is 5.11. The predicted octanol–water partition coefficient (Wildman–Crippen LogP) is 9.53. The van der Waals surface area contributed by atoms with Crippen molar-refractivity contribution in [1.82, 2.24) is 4.98 Å². The third kappa shape index (κ3) is 5.44. The Morgan fingerprint density at radius 1 is 0.441 bits per heavy atom. The van der Waals surface area contributed by atoms with Gasteiger partial charge in [-0.25, -0.2) is 0 Å². The largest absolute Gasteiger partial charge is 0.260 e. The number of aromatic nitrogens is 1. The molecule has 1 heteroatoms. The van der Waals surface area contributed by atoms with Crippen LogP contribution in [-0.2, 0) is 32.5 Å². The Morgan fingerprint density at radius 2 is 0.912 bits per heavy atom. The lowest BCUT2D eigenvalue weighted by molar-refractivity contribution is 0.296. The summed E-state index contributed by atoms with van der Waals surface area (Å²) < 4.78 is 0. The normalized spacial score (nSPS) is 14.5. The molecule has 34 heavy (non-hydrogen) atoms. The van der Waals surface area contributed by atoms with E-state index in [-0.39, 0.29) is 32.5 Å². The standard InChI is InChI=1S/C33H53N/c1-28(2,3)22-17-18-24(25(19-22)29(4,5)6)33(15,16)32(13,14)23-20-26(30(7,8)9)27(34-21-23)31(10,11)12/h17-21H,1-16H3. The number of hydrogen-bond donors (Lipinski definition) is 0. The highest BCUT2D eigenvalue weighted by atomic mass is 14.7. The van der Waals surface area contributed by atoms with Gasteiger partial charge in [0.25, 0.3) is 0 Å². The highest BCUT2D eigenvalue weighted by Crippen LogP contribution is 2.48. The Morgan fingerprint density at radius 3 is 1.32 bits per heavy atom. The van der Waals surface area contributed by atoms with Gasteiger partial charge >= 0.3 is 0 Å². The summed E-state index contributed by atoms with van der Waals surface area (Å²) in [6.07, 6.45) is 2.15. The maximum absolute atomic E-state index is 5.11. The van der Waals surface area contributed by atoms with Crippen molar-refractivity contribution in [3.63, 3.8) is 0 Å². The fraction of sp³-hybridized carbons (Fsp3) is 0.667. The molecule has 0 aliphatic heterocycles. The fourth-order valence-corrected chi connectivity index (χ4v) is 4.85. The van der Waals surface area contributed by atoms with Crippen molar-refractivity contribution in [2.45, 2.75) is 143 Å². The smallest absolute Gasteiger partial charge is 0.0494 e. The minimum absolute atomic E-state index is 0.0169. The molecule has 2 rings (SSSR count). The third-order valence-corrected chi connectivity index (χ3v) is 8.06. The van der Waals surface area contributed by atoms with Crippen molar-refractivity contribution >= 4 is 0 Å². The molecule has 0 atom stereocenters. The summed E-state index contributed by atoms with van der Waals surface area (Å²) in [7, 11) is 0. The molecule has 190 valence electrons. The van der Waals surface area contributed by atoms with Crippen molar-refractivity contribution in [2.24, 2.45) is 0 Å². The Balaban J connectivity index is 2.79. The molecule has 2 aromatic rings. The van der Waals surface area contributed by atoms with Crippen LogP contribution in [0.2, 0.25) is 0 Å². The molecule has 0 aliphatic rings. The minimum Gasteiger partial charge on any atom is -0.260 e. The van der Waals surface area contributed by atoms with Gasteiger partial charge in [0.15, 0.2) is 0 Å². The maximum Gasteiger partial charge on any atom is 0.0494 e. The van der Waals surface area contributed by atoms with Gasteiger partial charge in [-0.3, -0.25) is 4.98 Å². The number of rotatable bonds is 3. The van der Waals surface area contributed by atoms with Gasteiger partial charge in [-0.1, -0.05) is 135 Å². The van der Waals surface area contributed by atoms with Crippen LogP contribution in [0.25, 0.3) is 0 Å². The molecule has 0 spiro atoms. The molecular weight excluding hydrogens is 410 g/mol. The second-order valence-corrected chi connectivity index (χ2v) is 15.6. The summed E-state index contributed by atoms with van der Waals surface area (Å²) in [5, 5.41) is 0. The van der Waals surface area contributed by atoms with Crippen LogP contribution in [0.3, 0.4) is 0 Å². The molecule has 0 N–H and O–H groups in total. The van der Waals surface area contributed by atoms with Gasteiger partial charge in [0, 0.05) is 22.7 Å². The Hall–Kier alpha value is -1.63. The first-order chi connectivity index (χ1) is 14.9. The summed E-state index contributed by atoms with van der Waals surface area (Å²) in [4.78, 5) is 5.11. The molecule has 1 aromatic carbocycles. The second-order valence-electron chi connectivity index (χ2n) is 15.6. The molecule has 1 heterocycles. The quantitative estimate of drug-likeness (QED) is 0.441. The summed E-state index contributed by atoms with van der Waals surface area (Å²) in [5.74, 6) is 0. The van der Waals surface area contributed by atoms with E-state index in [0.717, 1.165) is 0 Å². The zero-order chi connectivity index (χ0) is 26.7. The van der Waals surface area contributed by atoms with Crippen LogP contribution < -0.4 is 0 Å². The molecule has 0 bridgehead atoms. The van der Waals surface area contributed by atoms with Crippen molar-refractivity contribution in [2.75, 3.05) is 0 Å². The summed E-state index contributed by atoms with van der Waals surface area (Å²) in [6.45, 7) is 37.3. The average molecular weight is 464 g/mol. The van der Waals surface area contributed by atoms with Crippen LogP contribution in [0.5, 0.6) is 0 Å². The topological polar surface area (TPSA) is 12.9 Å². The van der Waals surface area contributed by atoms with E-state index in [1.54, 1.807) is 0 Å². The summed E-state index contributed by atoms with van der Waals surface area (Å²) >= 11 is 0. The van der Waals surface area contributed by atoms with Gasteiger partial charge in [-0.2, -0.15) is 0 Å². The molecule has 0 saturated heterocycles. The highest BCUT2D eigenvalue weighted by Gasteiger charge is 2.43. The van der Waals surface area contributed by atoms with E-state index >= 15 is 0 Å². The van der Waals surface area contributed by atoms with Crippen LogP contribution in [0.15, 0.2) is 30.5 Å². The van der Waals surface area contributed by atoms with E-state index in [2.05, 4.69) is 141 Å². The zero-order valence-electron chi connectivity index (χ0n) is 25.3.